The molecule has 1 saturated heterocycles. The molecule has 2 atom stereocenters. The first kappa shape index (κ1) is 14.9. The summed E-state index contributed by atoms with van der Waals surface area (Å²) in [5.41, 5.74) is 9.30. The third kappa shape index (κ3) is 2.58. The van der Waals surface area contributed by atoms with E-state index >= 15 is 0 Å². The maximum atomic E-state index is 6.77. The fourth-order valence-electron chi connectivity index (χ4n) is 3.87. The van der Waals surface area contributed by atoms with Gasteiger partial charge in [0.25, 0.3) is 0 Å². The molecule has 3 rings (SSSR count). The van der Waals surface area contributed by atoms with Crippen LogP contribution in [0, 0.1) is 0 Å². The van der Waals surface area contributed by atoms with E-state index in [9.17, 15) is 0 Å². The highest BCUT2D eigenvalue weighted by atomic mass is 16.5. The quantitative estimate of drug-likeness (QED) is 0.924. The number of likely N-dealkylation sites (tertiary alicyclic amines) is 1. The van der Waals surface area contributed by atoms with Crippen LogP contribution in [0.3, 0.4) is 0 Å². The first-order valence-electron chi connectivity index (χ1n) is 8.42. The Morgan fingerprint density at radius 2 is 2.05 bits per heavy atom. The second-order valence-electron chi connectivity index (χ2n) is 6.67. The maximum absolute atomic E-state index is 6.77. The third-order valence-corrected chi connectivity index (χ3v) is 5.54. The Labute approximate surface area is 128 Å². The van der Waals surface area contributed by atoms with Crippen LogP contribution in [0.5, 0.6) is 5.75 Å². The molecule has 0 aromatic heterocycles. The summed E-state index contributed by atoms with van der Waals surface area (Å²) in [6.45, 7) is 7.74. The van der Waals surface area contributed by atoms with Gasteiger partial charge in [-0.25, -0.2) is 0 Å². The lowest BCUT2D eigenvalue weighted by Gasteiger charge is -2.47. The minimum absolute atomic E-state index is 0.00801. The van der Waals surface area contributed by atoms with Gasteiger partial charge in [0, 0.05) is 17.5 Å². The average Bonchev–Trinajstić information content (AvgIpc) is 3.02. The molecule has 3 heteroatoms. The lowest BCUT2D eigenvalue weighted by molar-refractivity contribution is 0.0536. The van der Waals surface area contributed by atoms with Crippen molar-refractivity contribution < 1.29 is 4.74 Å². The number of ether oxygens (including phenoxy) is 1. The summed E-state index contributed by atoms with van der Waals surface area (Å²) in [6.07, 6.45) is 6.03. The predicted octanol–water partition coefficient (Wildman–Crippen LogP) is 3.28. The molecule has 0 radical (unpaired) electrons. The number of fused-ring (bicyclic) bond motifs is 1. The molecular formula is C18H28N2O. The van der Waals surface area contributed by atoms with Gasteiger partial charge in [-0.1, -0.05) is 31.5 Å². The Hall–Kier alpha value is -1.06. The molecule has 1 fully saturated rings. The summed E-state index contributed by atoms with van der Waals surface area (Å²) in [6, 6.07) is 6.47. The number of rotatable bonds is 4. The van der Waals surface area contributed by atoms with Crippen LogP contribution in [0.15, 0.2) is 18.2 Å². The number of benzene rings is 1. The van der Waals surface area contributed by atoms with Gasteiger partial charge < -0.3 is 10.5 Å². The zero-order valence-electron chi connectivity index (χ0n) is 13.4. The molecule has 0 bridgehead atoms. The second kappa shape index (κ2) is 5.98. The summed E-state index contributed by atoms with van der Waals surface area (Å²) < 4.78 is 5.88. The molecule has 2 heterocycles. The zero-order valence-corrected chi connectivity index (χ0v) is 13.4. The zero-order chi connectivity index (χ0) is 14.9. The summed E-state index contributed by atoms with van der Waals surface area (Å²) in [4.78, 5) is 2.61. The molecule has 1 aromatic rings. The molecular weight excluding hydrogens is 260 g/mol. The van der Waals surface area contributed by atoms with Gasteiger partial charge in [0.2, 0.25) is 0 Å². The van der Waals surface area contributed by atoms with E-state index in [0.717, 1.165) is 25.2 Å². The van der Waals surface area contributed by atoms with Gasteiger partial charge in [-0.3, -0.25) is 4.90 Å². The van der Waals surface area contributed by atoms with Crippen LogP contribution in [0.1, 0.15) is 56.7 Å². The number of hydrogen-bond acceptors (Lipinski definition) is 3. The van der Waals surface area contributed by atoms with E-state index in [1.54, 1.807) is 0 Å². The van der Waals surface area contributed by atoms with Crippen molar-refractivity contribution in [2.75, 3.05) is 19.7 Å². The molecule has 3 nitrogen and oxygen atoms in total. The summed E-state index contributed by atoms with van der Waals surface area (Å²) in [5.74, 6) is 1.06. The highest BCUT2D eigenvalue weighted by Gasteiger charge is 2.39. The van der Waals surface area contributed by atoms with E-state index in [1.807, 2.05) is 0 Å². The van der Waals surface area contributed by atoms with E-state index in [1.165, 1.54) is 43.5 Å². The summed E-state index contributed by atoms with van der Waals surface area (Å²) >= 11 is 0. The van der Waals surface area contributed by atoms with Crippen molar-refractivity contribution >= 4 is 0 Å². The van der Waals surface area contributed by atoms with Crippen LogP contribution in [0.2, 0.25) is 0 Å². The highest BCUT2D eigenvalue weighted by Crippen LogP contribution is 2.40. The molecule has 116 valence electrons. The molecule has 0 aliphatic carbocycles. The molecule has 21 heavy (non-hydrogen) atoms. The first-order chi connectivity index (χ1) is 10.2. The lowest BCUT2D eigenvalue weighted by Crippen LogP contribution is -2.54. The van der Waals surface area contributed by atoms with Crippen molar-refractivity contribution in [2.24, 2.45) is 5.73 Å². The Balaban J connectivity index is 1.91. The molecule has 2 aliphatic heterocycles. The predicted molar refractivity (Wildman–Crippen MR) is 86.7 cm³/mol. The normalized spacial score (nSPS) is 23.2. The van der Waals surface area contributed by atoms with Crippen LogP contribution < -0.4 is 10.5 Å². The van der Waals surface area contributed by atoms with E-state index in [-0.39, 0.29) is 11.6 Å². The van der Waals surface area contributed by atoms with Gasteiger partial charge in [-0.05, 0) is 44.8 Å². The van der Waals surface area contributed by atoms with Crippen LogP contribution in [0.25, 0.3) is 0 Å². The average molecular weight is 288 g/mol. The molecule has 0 amide bonds. The fourth-order valence-corrected chi connectivity index (χ4v) is 3.87. The van der Waals surface area contributed by atoms with Gasteiger partial charge in [-0.15, -0.1) is 0 Å². The largest absolute Gasteiger partial charge is 0.493 e. The van der Waals surface area contributed by atoms with Crippen LogP contribution in [-0.2, 0) is 6.42 Å². The molecule has 2 unspecified atom stereocenters. The molecule has 0 spiro atoms. The number of para-hydroxylation sites is 1. The summed E-state index contributed by atoms with van der Waals surface area (Å²) in [7, 11) is 0. The van der Waals surface area contributed by atoms with Crippen LogP contribution in [-0.4, -0.2) is 30.1 Å². The van der Waals surface area contributed by atoms with Gasteiger partial charge in [0.05, 0.1) is 12.6 Å². The number of nitrogens with zero attached hydrogens (tertiary/aromatic N) is 1. The highest BCUT2D eigenvalue weighted by molar-refractivity contribution is 5.46. The Kier molecular flexibility index (Phi) is 4.23. The third-order valence-electron chi connectivity index (χ3n) is 5.54. The number of hydrogen-bond donors (Lipinski definition) is 1. The molecule has 2 aliphatic rings. The van der Waals surface area contributed by atoms with E-state index in [4.69, 9.17) is 10.5 Å². The van der Waals surface area contributed by atoms with Crippen LogP contribution >= 0.6 is 0 Å². The second-order valence-corrected chi connectivity index (χ2v) is 6.67. The van der Waals surface area contributed by atoms with Crippen molar-refractivity contribution in [2.45, 2.75) is 57.5 Å². The van der Waals surface area contributed by atoms with Gasteiger partial charge in [-0.2, -0.15) is 0 Å². The van der Waals surface area contributed by atoms with Crippen molar-refractivity contribution in [1.29, 1.82) is 0 Å². The Morgan fingerprint density at radius 1 is 1.29 bits per heavy atom. The minimum Gasteiger partial charge on any atom is -0.493 e. The first-order valence-corrected chi connectivity index (χ1v) is 8.42. The SMILES string of the molecule is CCC(C)(C(N)c1cccc2c1OCC2)N1CCCCC1. The van der Waals surface area contributed by atoms with Crippen molar-refractivity contribution in [1.82, 2.24) is 4.90 Å². The number of piperidine rings is 1. The Bertz CT molecular complexity index is 496. The molecule has 0 saturated carbocycles. The summed E-state index contributed by atoms with van der Waals surface area (Å²) in [5, 5.41) is 0. The van der Waals surface area contributed by atoms with E-state index < -0.39 is 0 Å². The van der Waals surface area contributed by atoms with Crippen molar-refractivity contribution in [3.63, 3.8) is 0 Å². The van der Waals surface area contributed by atoms with Gasteiger partial charge in [0.1, 0.15) is 5.75 Å². The van der Waals surface area contributed by atoms with Gasteiger partial charge >= 0.3 is 0 Å². The monoisotopic (exact) mass is 288 g/mol. The lowest BCUT2D eigenvalue weighted by atomic mass is 9.81. The molecule has 2 N–H and O–H groups in total. The maximum Gasteiger partial charge on any atom is 0.127 e. The fraction of sp³-hybridized carbons (Fsp3) is 0.667. The standard InChI is InChI=1S/C18H28N2O/c1-3-18(2,20-11-5-4-6-12-20)17(19)15-9-7-8-14-10-13-21-16(14)15/h7-9,17H,3-6,10-13,19H2,1-2H3. The van der Waals surface area contributed by atoms with E-state index in [2.05, 4.69) is 36.9 Å². The minimum atomic E-state index is 0.00801. The topological polar surface area (TPSA) is 38.5 Å². The van der Waals surface area contributed by atoms with Crippen LogP contribution in [0.4, 0.5) is 0 Å². The Morgan fingerprint density at radius 3 is 2.76 bits per heavy atom. The van der Waals surface area contributed by atoms with Crippen molar-refractivity contribution in [3.8, 4) is 5.75 Å². The van der Waals surface area contributed by atoms with Gasteiger partial charge in [0.15, 0.2) is 0 Å². The smallest absolute Gasteiger partial charge is 0.127 e. The van der Waals surface area contributed by atoms with Crippen molar-refractivity contribution in [3.05, 3.63) is 29.3 Å². The number of nitrogens with two attached hydrogens (primary N) is 1. The van der Waals surface area contributed by atoms with E-state index in [0.29, 0.717) is 0 Å². The molecule has 1 aromatic carbocycles.